The number of rotatable bonds is 7. The minimum absolute atomic E-state index is 0.00140. The number of piperidine rings is 1. The first-order chi connectivity index (χ1) is 18.6. The number of methoxy groups -OCH3 is 1. The van der Waals surface area contributed by atoms with E-state index in [0.717, 1.165) is 32.1 Å². The van der Waals surface area contributed by atoms with Crippen LogP contribution in [0.5, 0.6) is 5.75 Å². The number of benzene rings is 1. The first-order valence-electron chi connectivity index (χ1n) is 12.5. The third-order valence-electron chi connectivity index (χ3n) is 7.12. The fourth-order valence-corrected chi connectivity index (χ4v) is 6.57. The van der Waals surface area contributed by atoms with Gasteiger partial charge in [0.05, 0.1) is 41.9 Å². The molecule has 39 heavy (non-hydrogen) atoms. The van der Waals surface area contributed by atoms with Gasteiger partial charge in [0.1, 0.15) is 17.2 Å². The number of sulfonamides is 1. The van der Waals surface area contributed by atoms with Gasteiger partial charge in [-0.2, -0.15) is 27.4 Å². The van der Waals surface area contributed by atoms with E-state index < -0.39 is 21.8 Å². The second-order valence-electron chi connectivity index (χ2n) is 9.34. The molecule has 4 heterocycles. The van der Waals surface area contributed by atoms with Crippen molar-refractivity contribution in [2.24, 2.45) is 0 Å². The molecule has 0 radical (unpaired) electrons. The maximum atomic E-state index is 13.4. The van der Waals surface area contributed by atoms with Gasteiger partial charge in [-0.25, -0.2) is 8.42 Å². The number of alkyl halides is 3. The minimum Gasteiger partial charge on any atom is -0.495 e. The van der Waals surface area contributed by atoms with Crippen LogP contribution in [0.2, 0.25) is 0 Å². The maximum absolute atomic E-state index is 13.4. The lowest BCUT2D eigenvalue weighted by Gasteiger charge is -2.39. The Kier molecular flexibility index (Phi) is 7.59. The summed E-state index contributed by atoms with van der Waals surface area (Å²) in [5, 5.41) is 5.42. The molecular formula is C24H30F3N7O4S. The van der Waals surface area contributed by atoms with Crippen molar-refractivity contribution < 1.29 is 31.1 Å². The van der Waals surface area contributed by atoms with Crippen molar-refractivity contribution in [3.05, 3.63) is 30.0 Å². The SMILES string of the molecule is CNc1nc(Nc2ccc(S(=O)(=O)N3CCC(N4CCOCC4)CC3)cc2OC)nc2[nH]cc(C(F)(F)F)c12. The van der Waals surface area contributed by atoms with Gasteiger partial charge in [-0.3, -0.25) is 4.90 Å². The molecule has 2 aromatic heterocycles. The average molecular weight is 570 g/mol. The highest BCUT2D eigenvalue weighted by atomic mass is 32.2. The zero-order chi connectivity index (χ0) is 27.8. The number of hydrogen-bond acceptors (Lipinski definition) is 9. The summed E-state index contributed by atoms with van der Waals surface area (Å²) < 4.78 is 79.3. The summed E-state index contributed by atoms with van der Waals surface area (Å²) in [5.74, 6) is 0.202. The Bertz CT molecular complexity index is 1430. The van der Waals surface area contributed by atoms with Gasteiger partial charge in [0.15, 0.2) is 0 Å². The van der Waals surface area contributed by atoms with Crippen LogP contribution in [0.1, 0.15) is 18.4 Å². The molecule has 2 saturated heterocycles. The van der Waals surface area contributed by atoms with Gasteiger partial charge in [0.2, 0.25) is 16.0 Å². The molecule has 3 aromatic rings. The molecule has 2 fully saturated rings. The number of morpholine rings is 1. The predicted octanol–water partition coefficient (Wildman–Crippen LogP) is 3.26. The number of anilines is 3. The summed E-state index contributed by atoms with van der Waals surface area (Å²) in [6.07, 6.45) is -2.24. The summed E-state index contributed by atoms with van der Waals surface area (Å²) in [6.45, 7) is 3.97. The minimum atomic E-state index is -4.58. The van der Waals surface area contributed by atoms with Crippen LogP contribution in [-0.4, -0.2) is 92.2 Å². The van der Waals surface area contributed by atoms with Gasteiger partial charge in [0.25, 0.3) is 0 Å². The summed E-state index contributed by atoms with van der Waals surface area (Å²) in [5.41, 5.74) is -0.538. The molecule has 1 aromatic carbocycles. The monoisotopic (exact) mass is 569 g/mol. The van der Waals surface area contributed by atoms with E-state index in [0.29, 0.717) is 38.0 Å². The number of hydrogen-bond donors (Lipinski definition) is 3. The summed E-state index contributed by atoms with van der Waals surface area (Å²) in [7, 11) is -0.901. The molecule has 0 amide bonds. The highest BCUT2D eigenvalue weighted by molar-refractivity contribution is 7.89. The Morgan fingerprint density at radius 3 is 2.49 bits per heavy atom. The Morgan fingerprint density at radius 2 is 1.85 bits per heavy atom. The topological polar surface area (TPSA) is 125 Å². The molecule has 11 nitrogen and oxygen atoms in total. The number of nitrogens with one attached hydrogen (secondary N) is 3. The number of aromatic amines is 1. The summed E-state index contributed by atoms with van der Waals surface area (Å²) in [6, 6.07) is 4.74. The average Bonchev–Trinajstić information content (AvgIpc) is 3.38. The van der Waals surface area contributed by atoms with Gasteiger partial charge in [-0.1, -0.05) is 0 Å². The number of H-pyrrole nitrogens is 1. The Hall–Kier alpha value is -3.14. The number of ether oxygens (including phenoxy) is 2. The van der Waals surface area contributed by atoms with E-state index in [9.17, 15) is 21.6 Å². The van der Waals surface area contributed by atoms with Crippen LogP contribution in [0, 0.1) is 0 Å². The highest BCUT2D eigenvalue weighted by Gasteiger charge is 2.36. The summed E-state index contributed by atoms with van der Waals surface area (Å²) in [4.78, 5) is 13.3. The van der Waals surface area contributed by atoms with Crippen LogP contribution in [0.15, 0.2) is 29.3 Å². The molecule has 0 saturated carbocycles. The van der Waals surface area contributed by atoms with E-state index in [4.69, 9.17) is 9.47 Å². The fraction of sp³-hybridized carbons (Fsp3) is 0.500. The number of halogens is 3. The van der Waals surface area contributed by atoms with Crippen molar-refractivity contribution in [1.29, 1.82) is 0 Å². The smallest absolute Gasteiger partial charge is 0.418 e. The van der Waals surface area contributed by atoms with Crippen molar-refractivity contribution in [3.63, 3.8) is 0 Å². The third kappa shape index (κ3) is 5.48. The highest BCUT2D eigenvalue weighted by Crippen LogP contribution is 2.38. The molecular weight excluding hydrogens is 539 g/mol. The molecule has 15 heteroatoms. The quantitative estimate of drug-likeness (QED) is 0.393. The van der Waals surface area contributed by atoms with Crippen LogP contribution in [0.4, 0.5) is 30.6 Å². The Balaban J connectivity index is 1.35. The number of aromatic nitrogens is 3. The van der Waals surface area contributed by atoms with Crippen molar-refractivity contribution in [2.75, 3.05) is 64.2 Å². The van der Waals surface area contributed by atoms with Gasteiger partial charge in [-0.05, 0) is 25.0 Å². The molecule has 5 rings (SSSR count). The van der Waals surface area contributed by atoms with Crippen molar-refractivity contribution in [2.45, 2.75) is 30.0 Å². The van der Waals surface area contributed by atoms with E-state index in [1.807, 2.05) is 0 Å². The molecule has 0 spiro atoms. The predicted molar refractivity (Wildman–Crippen MR) is 139 cm³/mol. The van der Waals surface area contributed by atoms with E-state index in [2.05, 4.69) is 30.5 Å². The molecule has 3 N–H and O–H groups in total. The van der Waals surface area contributed by atoms with Gasteiger partial charge in [-0.15, -0.1) is 0 Å². The molecule has 212 valence electrons. The van der Waals surface area contributed by atoms with E-state index in [-0.39, 0.29) is 33.4 Å². The van der Waals surface area contributed by atoms with Crippen LogP contribution < -0.4 is 15.4 Å². The second-order valence-corrected chi connectivity index (χ2v) is 11.3. The normalized spacial score (nSPS) is 18.4. The molecule has 0 bridgehead atoms. The zero-order valence-corrected chi connectivity index (χ0v) is 22.3. The van der Waals surface area contributed by atoms with E-state index >= 15 is 0 Å². The maximum Gasteiger partial charge on any atom is 0.418 e. The zero-order valence-electron chi connectivity index (χ0n) is 21.5. The lowest BCUT2D eigenvalue weighted by atomic mass is 10.0. The van der Waals surface area contributed by atoms with Crippen LogP contribution in [0.3, 0.4) is 0 Å². The lowest BCUT2D eigenvalue weighted by molar-refractivity contribution is -0.136. The molecule has 2 aliphatic heterocycles. The molecule has 0 atom stereocenters. The fourth-order valence-electron chi connectivity index (χ4n) is 5.09. The van der Waals surface area contributed by atoms with Gasteiger partial charge >= 0.3 is 6.18 Å². The van der Waals surface area contributed by atoms with Crippen LogP contribution in [0.25, 0.3) is 11.0 Å². The standard InChI is InChI=1S/C24H30F3N7O4S/c1-28-21-20-17(24(25,26)27)14-29-22(20)32-23(31-21)30-18-4-3-16(13-19(18)37-2)39(35,36)34-7-5-15(6-8-34)33-9-11-38-12-10-33/h3-4,13-15H,5-12H2,1-2H3,(H3,28,29,30,31,32). The van der Waals surface area contributed by atoms with Crippen molar-refractivity contribution in [3.8, 4) is 5.75 Å². The molecule has 2 aliphatic rings. The van der Waals surface area contributed by atoms with Crippen LogP contribution in [-0.2, 0) is 20.9 Å². The lowest BCUT2D eigenvalue weighted by Crippen LogP contribution is -2.50. The molecule has 0 aliphatic carbocycles. The van der Waals surface area contributed by atoms with Crippen molar-refractivity contribution in [1.82, 2.24) is 24.2 Å². The first kappa shape index (κ1) is 27.4. The molecule has 0 unspecified atom stereocenters. The number of nitrogens with zero attached hydrogens (tertiary/aromatic N) is 4. The Labute approximate surface area is 223 Å². The largest absolute Gasteiger partial charge is 0.495 e. The number of fused-ring (bicyclic) bond motifs is 1. The van der Waals surface area contributed by atoms with E-state index in [1.165, 1.54) is 36.7 Å². The van der Waals surface area contributed by atoms with Crippen molar-refractivity contribution >= 4 is 38.5 Å². The van der Waals surface area contributed by atoms with Gasteiger partial charge < -0.3 is 25.1 Å². The van der Waals surface area contributed by atoms with Gasteiger partial charge in [0, 0.05) is 51.5 Å². The summed E-state index contributed by atoms with van der Waals surface area (Å²) >= 11 is 0. The Morgan fingerprint density at radius 1 is 1.13 bits per heavy atom. The first-order valence-corrected chi connectivity index (χ1v) is 14.0. The third-order valence-corrected chi connectivity index (χ3v) is 9.01. The second kappa shape index (κ2) is 10.8. The van der Waals surface area contributed by atoms with Crippen LogP contribution >= 0.6 is 0 Å². The van der Waals surface area contributed by atoms with E-state index in [1.54, 1.807) is 0 Å².